The number of hydrogen-bond donors (Lipinski definition) is 1. The van der Waals surface area contributed by atoms with E-state index in [4.69, 9.17) is 9.68 Å². The molecule has 8 nitrogen and oxygen atoms in total. The molecule has 0 atom stereocenters. The van der Waals surface area contributed by atoms with Crippen molar-refractivity contribution < 1.29 is 14.3 Å². The van der Waals surface area contributed by atoms with Crippen molar-refractivity contribution in [2.24, 2.45) is 0 Å². The summed E-state index contributed by atoms with van der Waals surface area (Å²) in [6.45, 7) is 1.01. The standard InChI is InChI=1S/C19H17N5O3/c20-13-14-3-1-5-17(21-14)23-10-7-19(8-11-23,18(25)26)24-9-6-15(22-24)16-4-2-12-27-16/h1-6,9,12H,7-8,10-11H2,(H,25,26). The third kappa shape index (κ3) is 2.93. The number of aliphatic carboxylic acids is 1. The number of nitrogens with zero attached hydrogens (tertiary/aromatic N) is 5. The van der Waals surface area contributed by atoms with E-state index in [1.54, 1.807) is 42.8 Å². The number of hydrogen-bond acceptors (Lipinski definition) is 6. The molecule has 0 aliphatic carbocycles. The van der Waals surface area contributed by atoms with Gasteiger partial charge in [-0.15, -0.1) is 0 Å². The summed E-state index contributed by atoms with van der Waals surface area (Å²) in [4.78, 5) is 18.5. The molecule has 0 spiro atoms. The zero-order chi connectivity index (χ0) is 18.9. The lowest BCUT2D eigenvalue weighted by Crippen LogP contribution is -2.51. The van der Waals surface area contributed by atoms with Gasteiger partial charge in [0.05, 0.1) is 6.26 Å². The number of carboxylic acids is 1. The lowest BCUT2D eigenvalue weighted by Gasteiger charge is -2.39. The molecule has 1 aliphatic rings. The molecule has 0 radical (unpaired) electrons. The van der Waals surface area contributed by atoms with E-state index in [-0.39, 0.29) is 0 Å². The fourth-order valence-electron chi connectivity index (χ4n) is 3.43. The van der Waals surface area contributed by atoms with E-state index >= 15 is 0 Å². The van der Waals surface area contributed by atoms with Crippen LogP contribution in [-0.4, -0.2) is 38.9 Å². The Bertz CT molecular complexity index is 995. The van der Waals surface area contributed by atoms with Crippen LogP contribution in [0.4, 0.5) is 5.82 Å². The minimum absolute atomic E-state index is 0.345. The van der Waals surface area contributed by atoms with Gasteiger partial charge in [0.15, 0.2) is 11.3 Å². The Balaban J connectivity index is 1.58. The van der Waals surface area contributed by atoms with E-state index in [1.807, 2.05) is 17.0 Å². The first-order valence-corrected chi connectivity index (χ1v) is 8.58. The van der Waals surface area contributed by atoms with E-state index in [0.29, 0.717) is 48.9 Å². The van der Waals surface area contributed by atoms with Gasteiger partial charge in [0.2, 0.25) is 0 Å². The van der Waals surface area contributed by atoms with Crippen molar-refractivity contribution in [1.82, 2.24) is 14.8 Å². The van der Waals surface area contributed by atoms with E-state index in [1.165, 1.54) is 4.68 Å². The molecule has 1 fully saturated rings. The van der Waals surface area contributed by atoms with E-state index in [9.17, 15) is 9.90 Å². The molecule has 27 heavy (non-hydrogen) atoms. The Morgan fingerprint density at radius 1 is 1.22 bits per heavy atom. The molecule has 136 valence electrons. The first-order valence-electron chi connectivity index (χ1n) is 8.58. The molecule has 0 saturated carbocycles. The number of carboxylic acid groups (broad SMARTS) is 1. The van der Waals surface area contributed by atoms with Gasteiger partial charge >= 0.3 is 5.97 Å². The molecule has 1 aliphatic heterocycles. The van der Waals surface area contributed by atoms with Gasteiger partial charge < -0.3 is 14.4 Å². The Hall–Kier alpha value is -3.60. The minimum Gasteiger partial charge on any atom is -0.479 e. The van der Waals surface area contributed by atoms with Crippen molar-refractivity contribution in [3.63, 3.8) is 0 Å². The molecule has 1 saturated heterocycles. The van der Waals surface area contributed by atoms with Crippen molar-refractivity contribution in [2.75, 3.05) is 18.0 Å². The summed E-state index contributed by atoms with van der Waals surface area (Å²) in [7, 11) is 0. The fraction of sp³-hybridized carbons (Fsp3) is 0.263. The Labute approximate surface area is 155 Å². The summed E-state index contributed by atoms with van der Waals surface area (Å²) < 4.78 is 6.88. The maximum atomic E-state index is 12.2. The first-order chi connectivity index (χ1) is 13.1. The van der Waals surface area contributed by atoms with Crippen LogP contribution in [-0.2, 0) is 10.3 Å². The van der Waals surface area contributed by atoms with Crippen molar-refractivity contribution in [3.8, 4) is 17.5 Å². The molecule has 0 unspecified atom stereocenters. The zero-order valence-corrected chi connectivity index (χ0v) is 14.4. The summed E-state index contributed by atoms with van der Waals surface area (Å²) in [6, 6.07) is 12.6. The van der Waals surface area contributed by atoms with Crippen molar-refractivity contribution >= 4 is 11.8 Å². The Kier molecular flexibility index (Phi) is 4.12. The lowest BCUT2D eigenvalue weighted by molar-refractivity contribution is -0.149. The molecule has 8 heteroatoms. The molecule has 3 aromatic rings. The number of rotatable bonds is 4. The third-order valence-corrected chi connectivity index (χ3v) is 4.96. The highest BCUT2D eigenvalue weighted by Crippen LogP contribution is 2.33. The summed E-state index contributed by atoms with van der Waals surface area (Å²) >= 11 is 0. The molecular weight excluding hydrogens is 346 g/mol. The normalized spacial score (nSPS) is 16.0. The summed E-state index contributed by atoms with van der Waals surface area (Å²) in [5, 5.41) is 23.4. The molecule has 4 heterocycles. The van der Waals surface area contributed by atoms with Crippen molar-refractivity contribution in [1.29, 1.82) is 5.26 Å². The maximum Gasteiger partial charge on any atom is 0.331 e. The van der Waals surface area contributed by atoms with Gasteiger partial charge in [0.25, 0.3) is 0 Å². The number of nitriles is 1. The summed E-state index contributed by atoms with van der Waals surface area (Å²) in [6.07, 6.45) is 4.00. The van der Waals surface area contributed by atoms with Crippen molar-refractivity contribution in [3.05, 3.63) is 54.6 Å². The topological polar surface area (TPSA) is 108 Å². The number of carbonyl (C=O) groups is 1. The van der Waals surface area contributed by atoms with Gasteiger partial charge in [-0.3, -0.25) is 4.68 Å². The second kappa shape index (κ2) is 6.61. The van der Waals surface area contributed by atoms with Crippen LogP contribution in [0.1, 0.15) is 18.5 Å². The van der Waals surface area contributed by atoms with Crippen LogP contribution in [0, 0.1) is 11.3 Å². The minimum atomic E-state index is -1.12. The quantitative estimate of drug-likeness (QED) is 0.758. The highest BCUT2D eigenvalue weighted by molar-refractivity contribution is 5.77. The second-order valence-corrected chi connectivity index (χ2v) is 6.44. The largest absolute Gasteiger partial charge is 0.479 e. The highest BCUT2D eigenvalue weighted by atomic mass is 16.4. The van der Waals surface area contributed by atoms with E-state index in [2.05, 4.69) is 10.1 Å². The van der Waals surface area contributed by atoms with Crippen LogP contribution in [0.5, 0.6) is 0 Å². The van der Waals surface area contributed by atoms with Gasteiger partial charge in [-0.2, -0.15) is 10.4 Å². The predicted molar refractivity (Wildman–Crippen MR) is 95.9 cm³/mol. The van der Waals surface area contributed by atoms with E-state index < -0.39 is 11.5 Å². The summed E-state index contributed by atoms with van der Waals surface area (Å²) in [5.74, 6) is 0.379. The molecule has 4 rings (SSSR count). The number of furan rings is 1. The van der Waals surface area contributed by atoms with Crippen LogP contribution in [0.25, 0.3) is 11.5 Å². The third-order valence-electron chi connectivity index (χ3n) is 4.96. The Morgan fingerprint density at radius 2 is 2.04 bits per heavy atom. The van der Waals surface area contributed by atoms with Gasteiger partial charge in [-0.25, -0.2) is 9.78 Å². The molecule has 1 N–H and O–H groups in total. The SMILES string of the molecule is N#Cc1cccc(N2CCC(C(=O)O)(n3ccc(-c4ccco4)n3)CC2)n1. The average Bonchev–Trinajstić information content (AvgIpc) is 3.39. The second-order valence-electron chi connectivity index (χ2n) is 6.44. The number of piperidine rings is 1. The molecule has 0 amide bonds. The smallest absolute Gasteiger partial charge is 0.331 e. The average molecular weight is 363 g/mol. The predicted octanol–water partition coefficient (Wildman–Crippen LogP) is 2.49. The van der Waals surface area contributed by atoms with Crippen LogP contribution < -0.4 is 4.90 Å². The van der Waals surface area contributed by atoms with Crippen LogP contribution in [0.2, 0.25) is 0 Å². The van der Waals surface area contributed by atoms with Gasteiger partial charge in [0.1, 0.15) is 23.3 Å². The number of pyridine rings is 1. The van der Waals surface area contributed by atoms with Crippen molar-refractivity contribution in [2.45, 2.75) is 18.4 Å². The van der Waals surface area contributed by atoms with Crippen LogP contribution >= 0.6 is 0 Å². The molecule has 3 aromatic heterocycles. The first kappa shape index (κ1) is 16.8. The highest BCUT2D eigenvalue weighted by Gasteiger charge is 2.44. The fourth-order valence-corrected chi connectivity index (χ4v) is 3.43. The molecule has 0 aromatic carbocycles. The van der Waals surface area contributed by atoms with Gasteiger partial charge in [0, 0.05) is 32.1 Å². The number of aromatic nitrogens is 3. The Morgan fingerprint density at radius 3 is 2.70 bits per heavy atom. The number of anilines is 1. The van der Waals surface area contributed by atoms with Gasteiger partial charge in [-0.05, 0) is 30.3 Å². The maximum absolute atomic E-state index is 12.2. The molecule has 0 bridgehead atoms. The van der Waals surface area contributed by atoms with E-state index in [0.717, 1.165) is 0 Å². The molecular formula is C19H17N5O3. The van der Waals surface area contributed by atoms with Crippen LogP contribution in [0.3, 0.4) is 0 Å². The zero-order valence-electron chi connectivity index (χ0n) is 14.4. The van der Waals surface area contributed by atoms with Crippen LogP contribution in [0.15, 0.2) is 53.3 Å². The monoisotopic (exact) mass is 363 g/mol. The lowest BCUT2D eigenvalue weighted by atomic mass is 9.87. The summed E-state index contributed by atoms with van der Waals surface area (Å²) in [5.41, 5.74) is -0.169. The van der Waals surface area contributed by atoms with Gasteiger partial charge in [-0.1, -0.05) is 6.07 Å².